The van der Waals surface area contributed by atoms with Crippen molar-refractivity contribution in [2.75, 3.05) is 37.5 Å². The molecular formula is C21H30N2O2S3. The molecule has 2 aromatic rings. The molecule has 0 radical (unpaired) electrons. The summed E-state index contributed by atoms with van der Waals surface area (Å²) in [5.74, 6) is 0.343. The predicted octanol–water partition coefficient (Wildman–Crippen LogP) is 5.53. The number of aryl methyl sites for hydroxylation is 3. The summed E-state index contributed by atoms with van der Waals surface area (Å²) in [4.78, 5) is 21.6. The largest absolute Gasteiger partial charge is 0.378 e. The number of carbonyl (C=O) groups excluding carboxylic acids is 1. The summed E-state index contributed by atoms with van der Waals surface area (Å²) < 4.78 is 6.50. The van der Waals surface area contributed by atoms with Crippen LogP contribution in [0, 0.1) is 26.2 Å². The summed E-state index contributed by atoms with van der Waals surface area (Å²) in [6.45, 7) is 14.3. The van der Waals surface area contributed by atoms with Gasteiger partial charge in [-0.25, -0.2) is 4.98 Å². The Balaban J connectivity index is 0.000000162. The first kappa shape index (κ1) is 21.8. The van der Waals surface area contributed by atoms with Crippen LogP contribution < -0.4 is 4.90 Å². The average molecular weight is 439 g/mol. The number of rotatable bonds is 2. The van der Waals surface area contributed by atoms with Gasteiger partial charge in [0.2, 0.25) is 0 Å². The highest BCUT2D eigenvalue weighted by Crippen LogP contribution is 2.44. The summed E-state index contributed by atoms with van der Waals surface area (Å²) in [5, 5.41) is 1.15. The molecule has 0 saturated carbocycles. The van der Waals surface area contributed by atoms with Crippen LogP contribution in [-0.2, 0) is 11.2 Å². The number of fused-ring (bicyclic) bond motifs is 1. The molecule has 1 aliphatic heterocycles. The SMILES string of the molecule is CSc1sc(C)c2c1C(=O)CC(C)(C)C2.Cc1nc(N2CCOCC2)sc1C. The van der Waals surface area contributed by atoms with Gasteiger partial charge in [-0.05, 0) is 44.4 Å². The van der Waals surface area contributed by atoms with Gasteiger partial charge < -0.3 is 9.64 Å². The first-order chi connectivity index (χ1) is 13.2. The molecule has 0 aromatic carbocycles. The van der Waals surface area contributed by atoms with Gasteiger partial charge in [0.05, 0.1) is 23.1 Å². The minimum absolute atomic E-state index is 0.144. The maximum atomic E-state index is 12.1. The minimum Gasteiger partial charge on any atom is -0.378 e. The van der Waals surface area contributed by atoms with Crippen molar-refractivity contribution in [2.24, 2.45) is 5.41 Å². The van der Waals surface area contributed by atoms with Crippen LogP contribution in [0.4, 0.5) is 5.13 Å². The third-order valence-electron chi connectivity index (χ3n) is 5.23. The smallest absolute Gasteiger partial charge is 0.185 e. The number of ether oxygens (including phenoxy) is 1. The fourth-order valence-corrected chi connectivity index (χ4v) is 6.62. The van der Waals surface area contributed by atoms with Crippen molar-refractivity contribution in [3.63, 3.8) is 0 Å². The molecule has 0 bridgehead atoms. The molecule has 1 aliphatic carbocycles. The highest BCUT2D eigenvalue weighted by Gasteiger charge is 2.34. The second-order valence-corrected chi connectivity index (χ2v) is 11.7. The van der Waals surface area contributed by atoms with Crippen LogP contribution in [-0.4, -0.2) is 43.3 Å². The zero-order valence-electron chi connectivity index (χ0n) is 17.7. The second-order valence-electron chi connectivity index (χ2n) is 8.18. The summed E-state index contributed by atoms with van der Waals surface area (Å²) in [5.41, 5.74) is 3.65. The first-order valence-electron chi connectivity index (χ1n) is 9.68. The predicted molar refractivity (Wildman–Crippen MR) is 122 cm³/mol. The Morgan fingerprint density at radius 3 is 2.32 bits per heavy atom. The van der Waals surface area contributed by atoms with E-state index in [4.69, 9.17) is 4.74 Å². The summed E-state index contributed by atoms with van der Waals surface area (Å²) in [6.07, 6.45) is 3.80. The van der Waals surface area contributed by atoms with Gasteiger partial charge in [-0.1, -0.05) is 13.8 Å². The molecular weight excluding hydrogens is 408 g/mol. The maximum absolute atomic E-state index is 12.1. The Morgan fingerprint density at radius 2 is 1.75 bits per heavy atom. The van der Waals surface area contributed by atoms with Gasteiger partial charge in [-0.3, -0.25) is 4.79 Å². The van der Waals surface area contributed by atoms with E-state index < -0.39 is 0 Å². The number of morpholine rings is 1. The number of ketones is 1. The number of aromatic nitrogens is 1. The van der Waals surface area contributed by atoms with E-state index in [1.54, 1.807) is 34.4 Å². The fraction of sp³-hybridized carbons (Fsp3) is 0.619. The lowest BCUT2D eigenvalue weighted by atomic mass is 9.74. The molecule has 1 fully saturated rings. The number of nitrogens with zero attached hydrogens (tertiary/aromatic N) is 2. The van der Waals surface area contributed by atoms with Gasteiger partial charge in [-0.2, -0.15) is 0 Å². The quantitative estimate of drug-likeness (QED) is 0.577. The molecule has 4 rings (SSSR count). The first-order valence-corrected chi connectivity index (χ1v) is 12.5. The van der Waals surface area contributed by atoms with Gasteiger partial charge in [0.1, 0.15) is 0 Å². The van der Waals surface area contributed by atoms with E-state index in [1.807, 2.05) is 0 Å². The minimum atomic E-state index is 0.144. The number of carbonyl (C=O) groups is 1. The van der Waals surface area contributed by atoms with E-state index in [9.17, 15) is 4.79 Å². The number of Topliss-reactive ketones (excluding diaryl/α,β-unsaturated/α-hetero) is 1. The van der Waals surface area contributed by atoms with Crippen molar-refractivity contribution >= 4 is 45.4 Å². The van der Waals surface area contributed by atoms with Crippen LogP contribution in [0.2, 0.25) is 0 Å². The van der Waals surface area contributed by atoms with Gasteiger partial charge in [-0.15, -0.1) is 34.4 Å². The van der Waals surface area contributed by atoms with Crippen molar-refractivity contribution in [1.82, 2.24) is 4.98 Å². The number of hydrogen-bond acceptors (Lipinski definition) is 7. The Hall–Kier alpha value is -0.890. The summed E-state index contributed by atoms with van der Waals surface area (Å²) in [7, 11) is 0. The zero-order chi connectivity index (χ0) is 20.5. The Morgan fingerprint density at radius 1 is 1.07 bits per heavy atom. The number of hydrogen-bond donors (Lipinski definition) is 0. The molecule has 0 N–H and O–H groups in total. The molecule has 2 aromatic heterocycles. The lowest BCUT2D eigenvalue weighted by Gasteiger charge is -2.29. The highest BCUT2D eigenvalue weighted by atomic mass is 32.2. The van der Waals surface area contributed by atoms with Crippen LogP contribution in [0.1, 0.15) is 51.6 Å². The third-order valence-corrected chi connectivity index (χ3v) is 8.63. The molecule has 0 atom stereocenters. The lowest BCUT2D eigenvalue weighted by Crippen LogP contribution is -2.36. The summed E-state index contributed by atoms with van der Waals surface area (Å²) >= 11 is 5.26. The molecule has 1 saturated heterocycles. The van der Waals surface area contributed by atoms with Crippen LogP contribution in [0.15, 0.2) is 4.21 Å². The molecule has 4 nitrogen and oxygen atoms in total. The maximum Gasteiger partial charge on any atom is 0.185 e. The molecule has 7 heteroatoms. The van der Waals surface area contributed by atoms with Gasteiger partial charge >= 0.3 is 0 Å². The fourth-order valence-electron chi connectivity index (χ4n) is 3.60. The molecule has 0 unspecified atom stereocenters. The molecule has 0 spiro atoms. The number of anilines is 1. The number of thiophene rings is 1. The lowest BCUT2D eigenvalue weighted by molar-refractivity contribution is 0.0910. The molecule has 154 valence electrons. The van der Waals surface area contributed by atoms with E-state index in [0.717, 1.165) is 49.1 Å². The van der Waals surface area contributed by atoms with Gasteiger partial charge in [0.15, 0.2) is 10.9 Å². The average Bonchev–Trinajstić information content (AvgIpc) is 3.15. The van der Waals surface area contributed by atoms with Crippen molar-refractivity contribution in [1.29, 1.82) is 0 Å². The van der Waals surface area contributed by atoms with Crippen molar-refractivity contribution < 1.29 is 9.53 Å². The van der Waals surface area contributed by atoms with Crippen LogP contribution >= 0.6 is 34.4 Å². The van der Waals surface area contributed by atoms with E-state index in [2.05, 4.69) is 50.8 Å². The summed E-state index contributed by atoms with van der Waals surface area (Å²) in [6, 6.07) is 0. The number of thiazole rings is 1. The van der Waals surface area contributed by atoms with Crippen LogP contribution in [0.5, 0.6) is 0 Å². The van der Waals surface area contributed by atoms with Crippen molar-refractivity contribution in [3.05, 3.63) is 26.6 Å². The monoisotopic (exact) mass is 438 g/mol. The van der Waals surface area contributed by atoms with Crippen molar-refractivity contribution in [2.45, 2.75) is 51.7 Å². The van der Waals surface area contributed by atoms with Gasteiger partial charge in [0.25, 0.3) is 0 Å². The highest BCUT2D eigenvalue weighted by molar-refractivity contribution is 8.00. The van der Waals surface area contributed by atoms with Crippen molar-refractivity contribution in [3.8, 4) is 0 Å². The van der Waals surface area contributed by atoms with Crippen LogP contribution in [0.25, 0.3) is 0 Å². The number of thioether (sulfide) groups is 1. The Bertz CT molecular complexity index is 829. The van der Waals surface area contributed by atoms with E-state index in [-0.39, 0.29) is 5.41 Å². The Kier molecular flexibility index (Phi) is 6.90. The van der Waals surface area contributed by atoms with Crippen LogP contribution in [0.3, 0.4) is 0 Å². The normalized spacial score (nSPS) is 18.5. The topological polar surface area (TPSA) is 42.4 Å². The molecule has 2 aliphatic rings. The Labute approximate surface area is 180 Å². The molecule has 0 amide bonds. The molecule has 28 heavy (non-hydrogen) atoms. The third kappa shape index (κ3) is 4.81. The van der Waals surface area contributed by atoms with E-state index in [0.29, 0.717) is 12.2 Å². The van der Waals surface area contributed by atoms with E-state index >= 15 is 0 Å². The van der Waals surface area contributed by atoms with Gasteiger partial charge in [0, 0.05) is 34.8 Å². The zero-order valence-corrected chi connectivity index (χ0v) is 20.1. The molecule has 3 heterocycles. The van der Waals surface area contributed by atoms with E-state index in [1.165, 1.54) is 19.5 Å². The standard InChI is InChI=1S/C12H16OS2.C9H14N2OS/c1-7-8-5-12(2,3)6-9(13)10(8)11(14-4)15-7;1-7-8(2)13-9(10-7)11-3-5-12-6-4-11/h5-6H2,1-4H3;3-6H2,1-2H3. The second kappa shape index (κ2) is 8.86.